The number of likely N-dealkylation sites (tertiary alicyclic amines) is 1. The largest absolute Gasteiger partial charge is 0.313 e. The molecular weight excluding hydrogens is 210 g/mol. The summed E-state index contributed by atoms with van der Waals surface area (Å²) in [7, 11) is 2.25. The molecule has 0 spiro atoms. The van der Waals surface area contributed by atoms with Crippen LogP contribution in [0.3, 0.4) is 0 Å². The van der Waals surface area contributed by atoms with Crippen molar-refractivity contribution in [1.29, 1.82) is 0 Å². The Morgan fingerprint density at radius 3 is 2.41 bits per heavy atom. The molecule has 1 rings (SSSR count). The van der Waals surface area contributed by atoms with E-state index in [1.165, 1.54) is 45.6 Å². The summed E-state index contributed by atoms with van der Waals surface area (Å²) in [4.78, 5) is 5.07. The number of nitrogens with one attached hydrogen (secondary N) is 1. The van der Waals surface area contributed by atoms with Gasteiger partial charge in [0.1, 0.15) is 0 Å². The molecule has 1 heterocycles. The molecule has 1 N–H and O–H groups in total. The van der Waals surface area contributed by atoms with Gasteiger partial charge in [0.05, 0.1) is 0 Å². The third-order valence-corrected chi connectivity index (χ3v) is 3.78. The summed E-state index contributed by atoms with van der Waals surface area (Å²) >= 11 is 0. The number of nitrogens with zero attached hydrogens (tertiary/aromatic N) is 2. The Morgan fingerprint density at radius 1 is 1.24 bits per heavy atom. The van der Waals surface area contributed by atoms with Crippen LogP contribution in [0.5, 0.6) is 0 Å². The molecule has 1 aliphatic rings. The molecule has 0 amide bonds. The lowest BCUT2D eigenvalue weighted by atomic mass is 10.0. The predicted molar refractivity (Wildman–Crippen MR) is 75.5 cm³/mol. The van der Waals surface area contributed by atoms with Gasteiger partial charge in [0.25, 0.3) is 0 Å². The summed E-state index contributed by atoms with van der Waals surface area (Å²) in [6, 6.07) is 0.628. The summed E-state index contributed by atoms with van der Waals surface area (Å²) in [5.74, 6) is 0.712. The third-order valence-electron chi connectivity index (χ3n) is 3.78. The van der Waals surface area contributed by atoms with Crippen LogP contribution in [0.15, 0.2) is 0 Å². The van der Waals surface area contributed by atoms with Crippen molar-refractivity contribution in [2.45, 2.75) is 39.7 Å². The summed E-state index contributed by atoms with van der Waals surface area (Å²) in [6.45, 7) is 14.1. The van der Waals surface area contributed by atoms with Crippen molar-refractivity contribution in [1.82, 2.24) is 15.1 Å². The molecule has 3 heteroatoms. The SMILES string of the molecule is CCNC(CN(C)CCN1CCCC1)C(C)C. The van der Waals surface area contributed by atoms with Crippen molar-refractivity contribution in [3.63, 3.8) is 0 Å². The van der Waals surface area contributed by atoms with Crippen molar-refractivity contribution in [3.05, 3.63) is 0 Å². The van der Waals surface area contributed by atoms with Crippen LogP contribution in [0, 0.1) is 5.92 Å². The van der Waals surface area contributed by atoms with E-state index in [2.05, 4.69) is 42.9 Å². The van der Waals surface area contributed by atoms with Crippen molar-refractivity contribution in [2.75, 3.05) is 46.3 Å². The quantitative estimate of drug-likeness (QED) is 0.697. The monoisotopic (exact) mass is 241 g/mol. The van der Waals surface area contributed by atoms with Crippen LogP contribution in [0.1, 0.15) is 33.6 Å². The molecule has 0 aromatic carbocycles. The Hall–Kier alpha value is -0.120. The third kappa shape index (κ3) is 5.84. The number of rotatable bonds is 8. The predicted octanol–water partition coefficient (Wildman–Crippen LogP) is 1.65. The van der Waals surface area contributed by atoms with E-state index >= 15 is 0 Å². The second-order valence-electron chi connectivity index (χ2n) is 5.72. The van der Waals surface area contributed by atoms with E-state index in [0.29, 0.717) is 12.0 Å². The van der Waals surface area contributed by atoms with Gasteiger partial charge in [-0.3, -0.25) is 0 Å². The minimum absolute atomic E-state index is 0.628. The van der Waals surface area contributed by atoms with Gasteiger partial charge in [0.2, 0.25) is 0 Å². The topological polar surface area (TPSA) is 18.5 Å². The molecule has 1 unspecified atom stereocenters. The highest BCUT2D eigenvalue weighted by molar-refractivity contribution is 4.74. The maximum atomic E-state index is 3.59. The van der Waals surface area contributed by atoms with Crippen LogP contribution in [0.25, 0.3) is 0 Å². The Labute approximate surface area is 108 Å². The normalized spacial score (nSPS) is 19.4. The van der Waals surface area contributed by atoms with E-state index in [-0.39, 0.29) is 0 Å². The summed E-state index contributed by atoms with van der Waals surface area (Å²) in [6.07, 6.45) is 2.80. The van der Waals surface area contributed by atoms with Crippen molar-refractivity contribution < 1.29 is 0 Å². The second kappa shape index (κ2) is 8.06. The van der Waals surface area contributed by atoms with Crippen LogP contribution in [0.4, 0.5) is 0 Å². The lowest BCUT2D eigenvalue weighted by molar-refractivity contribution is 0.222. The lowest BCUT2D eigenvalue weighted by Crippen LogP contribution is -2.44. The smallest absolute Gasteiger partial charge is 0.0217 e. The average molecular weight is 241 g/mol. The summed E-state index contributed by atoms with van der Waals surface area (Å²) in [5, 5.41) is 3.59. The van der Waals surface area contributed by atoms with Gasteiger partial charge in [-0.1, -0.05) is 20.8 Å². The first-order valence-electron chi connectivity index (χ1n) is 7.27. The molecule has 0 bridgehead atoms. The highest BCUT2D eigenvalue weighted by Gasteiger charge is 2.16. The number of hydrogen-bond donors (Lipinski definition) is 1. The summed E-state index contributed by atoms with van der Waals surface area (Å²) < 4.78 is 0. The fourth-order valence-electron chi connectivity index (χ4n) is 2.52. The van der Waals surface area contributed by atoms with Gasteiger partial charge in [-0.25, -0.2) is 0 Å². The van der Waals surface area contributed by atoms with E-state index in [4.69, 9.17) is 0 Å². The molecule has 0 aromatic rings. The Kier molecular flexibility index (Phi) is 7.09. The van der Waals surface area contributed by atoms with Gasteiger partial charge in [-0.15, -0.1) is 0 Å². The van der Waals surface area contributed by atoms with E-state index < -0.39 is 0 Å². The fraction of sp³-hybridized carbons (Fsp3) is 1.00. The zero-order valence-electron chi connectivity index (χ0n) is 12.2. The van der Waals surface area contributed by atoms with Crippen molar-refractivity contribution in [2.24, 2.45) is 5.92 Å². The maximum absolute atomic E-state index is 3.59. The molecule has 17 heavy (non-hydrogen) atoms. The minimum Gasteiger partial charge on any atom is -0.313 e. The van der Waals surface area contributed by atoms with E-state index in [1.54, 1.807) is 0 Å². The van der Waals surface area contributed by atoms with Gasteiger partial charge >= 0.3 is 0 Å². The molecule has 1 aliphatic heterocycles. The van der Waals surface area contributed by atoms with Crippen LogP contribution < -0.4 is 5.32 Å². The minimum atomic E-state index is 0.628. The average Bonchev–Trinajstić information content (AvgIpc) is 2.78. The first kappa shape index (κ1) is 14.9. The fourth-order valence-corrected chi connectivity index (χ4v) is 2.52. The molecule has 1 saturated heterocycles. The summed E-state index contributed by atoms with van der Waals surface area (Å²) in [5.41, 5.74) is 0. The van der Waals surface area contributed by atoms with Gasteiger partial charge in [0, 0.05) is 25.7 Å². The first-order valence-corrected chi connectivity index (χ1v) is 7.27. The van der Waals surface area contributed by atoms with Crippen LogP contribution in [-0.4, -0.2) is 62.2 Å². The highest BCUT2D eigenvalue weighted by Crippen LogP contribution is 2.07. The molecule has 102 valence electrons. The second-order valence-corrected chi connectivity index (χ2v) is 5.72. The van der Waals surface area contributed by atoms with Gasteiger partial charge in [0.15, 0.2) is 0 Å². The Balaban J connectivity index is 2.18. The van der Waals surface area contributed by atoms with E-state index in [9.17, 15) is 0 Å². The standard InChI is InChI=1S/C14H31N3/c1-5-15-14(13(2)3)12-16(4)10-11-17-8-6-7-9-17/h13-15H,5-12H2,1-4H3. The van der Waals surface area contributed by atoms with Crippen molar-refractivity contribution >= 4 is 0 Å². The molecular formula is C14H31N3. The Bertz CT molecular complexity index is 188. The van der Waals surface area contributed by atoms with Crippen LogP contribution in [0.2, 0.25) is 0 Å². The number of likely N-dealkylation sites (N-methyl/N-ethyl adjacent to an activating group) is 2. The van der Waals surface area contributed by atoms with Crippen molar-refractivity contribution in [3.8, 4) is 0 Å². The molecule has 3 nitrogen and oxygen atoms in total. The zero-order chi connectivity index (χ0) is 12.7. The zero-order valence-corrected chi connectivity index (χ0v) is 12.2. The van der Waals surface area contributed by atoms with Gasteiger partial charge in [-0.05, 0) is 45.4 Å². The lowest BCUT2D eigenvalue weighted by Gasteiger charge is -2.28. The highest BCUT2D eigenvalue weighted by atomic mass is 15.2. The molecule has 0 aliphatic carbocycles. The first-order chi connectivity index (χ1) is 8.13. The van der Waals surface area contributed by atoms with E-state index in [1.807, 2.05) is 0 Å². The molecule has 0 radical (unpaired) electrons. The van der Waals surface area contributed by atoms with E-state index in [0.717, 1.165) is 6.54 Å². The Morgan fingerprint density at radius 2 is 1.88 bits per heavy atom. The van der Waals surface area contributed by atoms with Gasteiger partial charge < -0.3 is 15.1 Å². The molecule has 0 aromatic heterocycles. The molecule has 0 saturated carbocycles. The number of hydrogen-bond acceptors (Lipinski definition) is 3. The van der Waals surface area contributed by atoms with Crippen LogP contribution in [-0.2, 0) is 0 Å². The van der Waals surface area contributed by atoms with Gasteiger partial charge in [-0.2, -0.15) is 0 Å². The molecule has 1 atom stereocenters. The maximum Gasteiger partial charge on any atom is 0.0217 e. The molecule has 1 fully saturated rings. The van der Waals surface area contributed by atoms with Crippen LogP contribution >= 0.6 is 0 Å².